The maximum absolute atomic E-state index is 5.55. The van der Waals surface area contributed by atoms with Crippen LogP contribution in [0, 0.1) is 0 Å². The predicted octanol–water partition coefficient (Wildman–Crippen LogP) is 4.38. The summed E-state index contributed by atoms with van der Waals surface area (Å²) in [4.78, 5) is 8.75. The average molecular weight is 280 g/mol. The first-order valence-electron chi connectivity index (χ1n) is 6.17. The summed E-state index contributed by atoms with van der Waals surface area (Å²) in [5, 5.41) is 0.462. The number of oxazole rings is 1. The van der Waals surface area contributed by atoms with E-state index in [-0.39, 0.29) is 0 Å². The summed E-state index contributed by atoms with van der Waals surface area (Å²) in [5.41, 5.74) is 2.41. The molecule has 0 N–H and O–H groups in total. The molecule has 0 radical (unpaired) electrons. The quantitative estimate of drug-likeness (QED) is 0.571. The standard InChI is InChI=1S/C16H12N2OS/c20-16-14(11-17-13-9-5-2-6-10-13)18-15(19-16)12-7-3-1-4-8-12/h1-11,20H. The van der Waals surface area contributed by atoms with Crippen molar-refractivity contribution in [2.24, 2.45) is 4.99 Å². The minimum absolute atomic E-state index is 0.462. The number of aromatic nitrogens is 1. The van der Waals surface area contributed by atoms with Gasteiger partial charge in [0.1, 0.15) is 5.69 Å². The van der Waals surface area contributed by atoms with Gasteiger partial charge in [0.2, 0.25) is 5.89 Å². The van der Waals surface area contributed by atoms with Crippen LogP contribution in [-0.4, -0.2) is 11.2 Å². The normalized spacial score (nSPS) is 11.1. The van der Waals surface area contributed by atoms with Gasteiger partial charge in [0.05, 0.1) is 11.9 Å². The Morgan fingerprint density at radius 1 is 0.950 bits per heavy atom. The number of thiol groups is 1. The monoisotopic (exact) mass is 280 g/mol. The molecule has 20 heavy (non-hydrogen) atoms. The molecule has 0 spiro atoms. The Kier molecular flexibility index (Phi) is 3.65. The van der Waals surface area contributed by atoms with E-state index in [2.05, 4.69) is 22.6 Å². The van der Waals surface area contributed by atoms with Crippen LogP contribution < -0.4 is 0 Å². The van der Waals surface area contributed by atoms with Gasteiger partial charge >= 0.3 is 0 Å². The molecule has 2 aromatic carbocycles. The van der Waals surface area contributed by atoms with Gasteiger partial charge in [-0.1, -0.05) is 36.4 Å². The largest absolute Gasteiger partial charge is 0.429 e. The molecule has 3 rings (SSSR count). The first kappa shape index (κ1) is 12.7. The van der Waals surface area contributed by atoms with Crippen molar-refractivity contribution in [2.45, 2.75) is 5.09 Å². The summed E-state index contributed by atoms with van der Waals surface area (Å²) in [7, 11) is 0. The Morgan fingerprint density at radius 3 is 2.30 bits per heavy atom. The van der Waals surface area contributed by atoms with Gasteiger partial charge in [-0.25, -0.2) is 4.98 Å². The first-order valence-corrected chi connectivity index (χ1v) is 6.62. The van der Waals surface area contributed by atoms with E-state index in [1.54, 1.807) is 6.21 Å². The zero-order chi connectivity index (χ0) is 13.8. The molecule has 4 heteroatoms. The third-order valence-electron chi connectivity index (χ3n) is 2.75. The van der Waals surface area contributed by atoms with Crippen LogP contribution in [0.2, 0.25) is 0 Å². The second-order valence-electron chi connectivity index (χ2n) is 4.17. The van der Waals surface area contributed by atoms with Crippen LogP contribution in [0.15, 0.2) is 75.2 Å². The first-order chi connectivity index (χ1) is 9.83. The van der Waals surface area contributed by atoms with E-state index in [1.165, 1.54) is 0 Å². The van der Waals surface area contributed by atoms with E-state index in [4.69, 9.17) is 4.42 Å². The summed E-state index contributed by atoms with van der Waals surface area (Å²) < 4.78 is 5.55. The number of hydrogen-bond donors (Lipinski definition) is 1. The predicted molar refractivity (Wildman–Crippen MR) is 82.9 cm³/mol. The van der Waals surface area contributed by atoms with E-state index >= 15 is 0 Å². The lowest BCUT2D eigenvalue weighted by molar-refractivity contribution is 0.485. The third-order valence-corrected chi connectivity index (χ3v) is 3.07. The minimum atomic E-state index is 0.462. The van der Waals surface area contributed by atoms with Crippen LogP contribution in [0.1, 0.15) is 5.69 Å². The zero-order valence-electron chi connectivity index (χ0n) is 10.6. The highest BCUT2D eigenvalue weighted by atomic mass is 32.1. The molecule has 98 valence electrons. The van der Waals surface area contributed by atoms with Crippen LogP contribution in [0.4, 0.5) is 5.69 Å². The smallest absolute Gasteiger partial charge is 0.228 e. The molecule has 0 bridgehead atoms. The highest BCUT2D eigenvalue weighted by molar-refractivity contribution is 7.80. The summed E-state index contributed by atoms with van der Waals surface area (Å²) >= 11 is 4.29. The zero-order valence-corrected chi connectivity index (χ0v) is 11.5. The lowest BCUT2D eigenvalue weighted by Crippen LogP contribution is -1.83. The Hall–Kier alpha value is -2.33. The van der Waals surface area contributed by atoms with Crippen LogP contribution in [-0.2, 0) is 0 Å². The molecule has 1 aromatic heterocycles. The fourth-order valence-electron chi connectivity index (χ4n) is 1.76. The minimum Gasteiger partial charge on any atom is -0.429 e. The Morgan fingerprint density at radius 2 is 1.60 bits per heavy atom. The van der Waals surface area contributed by atoms with Gasteiger partial charge in [-0.05, 0) is 24.3 Å². The van der Waals surface area contributed by atoms with Gasteiger partial charge in [-0.15, -0.1) is 12.6 Å². The highest BCUT2D eigenvalue weighted by Crippen LogP contribution is 2.23. The van der Waals surface area contributed by atoms with E-state index in [0.29, 0.717) is 16.7 Å². The van der Waals surface area contributed by atoms with E-state index in [9.17, 15) is 0 Å². The number of para-hydroxylation sites is 1. The van der Waals surface area contributed by atoms with E-state index in [0.717, 1.165) is 11.3 Å². The van der Waals surface area contributed by atoms with E-state index in [1.807, 2.05) is 60.7 Å². The van der Waals surface area contributed by atoms with Gasteiger partial charge in [0, 0.05) is 5.56 Å². The van der Waals surface area contributed by atoms with E-state index < -0.39 is 0 Å². The summed E-state index contributed by atoms with van der Waals surface area (Å²) in [6.07, 6.45) is 1.66. The summed E-state index contributed by atoms with van der Waals surface area (Å²) in [6, 6.07) is 19.4. The van der Waals surface area contributed by atoms with Gasteiger partial charge in [0.25, 0.3) is 0 Å². The van der Waals surface area contributed by atoms with Crippen LogP contribution in [0.5, 0.6) is 0 Å². The van der Waals surface area contributed by atoms with Crippen molar-refractivity contribution in [3.05, 3.63) is 66.4 Å². The number of nitrogens with zero attached hydrogens (tertiary/aromatic N) is 2. The molecule has 0 aliphatic carbocycles. The second-order valence-corrected chi connectivity index (χ2v) is 4.58. The maximum Gasteiger partial charge on any atom is 0.228 e. The molecule has 0 saturated carbocycles. The number of hydrogen-bond acceptors (Lipinski definition) is 4. The molecule has 0 unspecified atom stereocenters. The van der Waals surface area contributed by atoms with Crippen LogP contribution in [0.25, 0.3) is 11.5 Å². The third kappa shape index (κ3) is 2.81. The molecular weight excluding hydrogens is 268 g/mol. The fraction of sp³-hybridized carbons (Fsp3) is 0. The molecule has 3 nitrogen and oxygen atoms in total. The molecule has 0 fully saturated rings. The van der Waals surface area contributed by atoms with Crippen molar-refractivity contribution in [2.75, 3.05) is 0 Å². The SMILES string of the molecule is Sc1oc(-c2ccccc2)nc1C=Nc1ccccc1. The molecule has 0 saturated heterocycles. The van der Waals surface area contributed by atoms with Crippen molar-refractivity contribution in [1.29, 1.82) is 0 Å². The molecule has 0 atom stereocenters. The van der Waals surface area contributed by atoms with Crippen molar-refractivity contribution < 1.29 is 4.42 Å². The summed E-state index contributed by atoms with van der Waals surface area (Å²) in [6.45, 7) is 0. The molecule has 3 aromatic rings. The molecule has 0 aliphatic rings. The van der Waals surface area contributed by atoms with Gasteiger partial charge in [-0.3, -0.25) is 4.99 Å². The Bertz CT molecular complexity index is 721. The van der Waals surface area contributed by atoms with Gasteiger partial charge in [-0.2, -0.15) is 0 Å². The van der Waals surface area contributed by atoms with Crippen molar-refractivity contribution in [1.82, 2.24) is 4.98 Å². The molecule has 0 aliphatic heterocycles. The van der Waals surface area contributed by atoms with Crippen LogP contribution in [0.3, 0.4) is 0 Å². The average Bonchev–Trinajstić information content (AvgIpc) is 2.88. The highest BCUT2D eigenvalue weighted by Gasteiger charge is 2.09. The molecule has 0 amide bonds. The Labute approximate surface area is 122 Å². The topological polar surface area (TPSA) is 38.4 Å². The fourth-order valence-corrected chi connectivity index (χ4v) is 1.96. The maximum atomic E-state index is 5.55. The molecular formula is C16H12N2OS. The lowest BCUT2D eigenvalue weighted by atomic mass is 10.2. The second kappa shape index (κ2) is 5.75. The van der Waals surface area contributed by atoms with Crippen LogP contribution >= 0.6 is 12.6 Å². The van der Waals surface area contributed by atoms with Crippen molar-refractivity contribution in [3.63, 3.8) is 0 Å². The number of aliphatic imine (C=N–C) groups is 1. The number of benzene rings is 2. The van der Waals surface area contributed by atoms with Gasteiger partial charge < -0.3 is 4.42 Å². The Balaban J connectivity index is 1.89. The molecule has 1 heterocycles. The lowest BCUT2D eigenvalue weighted by Gasteiger charge is -1.91. The van der Waals surface area contributed by atoms with Gasteiger partial charge in [0.15, 0.2) is 5.09 Å². The number of rotatable bonds is 3. The summed E-state index contributed by atoms with van der Waals surface area (Å²) in [5.74, 6) is 0.546. The van der Waals surface area contributed by atoms with Crippen molar-refractivity contribution >= 4 is 24.5 Å². The van der Waals surface area contributed by atoms with Crippen molar-refractivity contribution in [3.8, 4) is 11.5 Å².